The Kier molecular flexibility index (Phi) is 5.67. The lowest BCUT2D eigenvalue weighted by atomic mass is 10.1. The second-order valence-electron chi connectivity index (χ2n) is 6.76. The fraction of sp³-hybridized carbons (Fsp3) is 0.300. The molecule has 152 valence electrons. The minimum atomic E-state index is -0.639. The Morgan fingerprint density at radius 2 is 2.00 bits per heavy atom. The molecule has 2 aromatic rings. The van der Waals surface area contributed by atoms with Crippen molar-refractivity contribution in [3.05, 3.63) is 52.1 Å². The number of nitrogens with zero attached hydrogens (tertiary/aromatic N) is 2. The molecule has 0 saturated heterocycles. The number of hydrogen-bond donors (Lipinski definition) is 2. The van der Waals surface area contributed by atoms with Gasteiger partial charge in [-0.05, 0) is 49.2 Å². The first-order valence-electron chi connectivity index (χ1n) is 9.11. The van der Waals surface area contributed by atoms with Gasteiger partial charge < -0.3 is 20.3 Å². The highest BCUT2D eigenvalue weighted by atomic mass is 16.6. The summed E-state index contributed by atoms with van der Waals surface area (Å²) < 4.78 is 5.00. The van der Waals surface area contributed by atoms with E-state index in [9.17, 15) is 19.7 Å². The molecular formula is C20H22N4O5. The van der Waals surface area contributed by atoms with Gasteiger partial charge in [-0.3, -0.25) is 19.7 Å². The molecule has 9 heteroatoms. The van der Waals surface area contributed by atoms with E-state index in [1.54, 1.807) is 24.0 Å². The fourth-order valence-electron chi connectivity index (χ4n) is 3.27. The van der Waals surface area contributed by atoms with Crippen molar-refractivity contribution in [2.75, 3.05) is 29.2 Å². The molecule has 0 bridgehead atoms. The van der Waals surface area contributed by atoms with Crippen molar-refractivity contribution in [3.63, 3.8) is 0 Å². The van der Waals surface area contributed by atoms with Crippen LogP contribution in [0.15, 0.2) is 36.4 Å². The molecule has 1 atom stereocenters. The van der Waals surface area contributed by atoms with Crippen molar-refractivity contribution in [1.82, 2.24) is 0 Å². The van der Waals surface area contributed by atoms with Gasteiger partial charge >= 0.3 is 0 Å². The molecule has 1 heterocycles. The molecule has 1 aliphatic heterocycles. The third-order valence-electron chi connectivity index (χ3n) is 4.79. The van der Waals surface area contributed by atoms with Crippen molar-refractivity contribution >= 4 is 34.6 Å². The van der Waals surface area contributed by atoms with E-state index in [1.165, 1.54) is 26.2 Å². The van der Waals surface area contributed by atoms with Gasteiger partial charge in [0.1, 0.15) is 17.5 Å². The Bertz CT molecular complexity index is 975. The molecule has 2 amide bonds. The number of nitro groups is 1. The highest BCUT2D eigenvalue weighted by molar-refractivity contribution is 5.98. The third-order valence-corrected chi connectivity index (χ3v) is 4.79. The first kappa shape index (κ1) is 20.1. The van der Waals surface area contributed by atoms with Gasteiger partial charge in [0, 0.05) is 24.8 Å². The van der Waals surface area contributed by atoms with Crippen molar-refractivity contribution in [3.8, 4) is 5.75 Å². The van der Waals surface area contributed by atoms with Gasteiger partial charge in [0.25, 0.3) is 5.69 Å². The van der Waals surface area contributed by atoms with Crippen LogP contribution in [0.5, 0.6) is 5.75 Å². The first-order chi connectivity index (χ1) is 13.8. The molecule has 29 heavy (non-hydrogen) atoms. The van der Waals surface area contributed by atoms with Crippen LogP contribution in [-0.2, 0) is 16.0 Å². The summed E-state index contributed by atoms with van der Waals surface area (Å²) in [5.74, 6) is -0.0824. The standard InChI is InChI=1S/C20H22N4O5/c1-12(20(26)22-17-6-5-16(29-3)11-19(17)24(27)28)21-15-4-7-18-14(10-15)8-9-23(18)13(2)25/h4-7,10-12,21H,8-9H2,1-3H3,(H,22,26)/t12-/m0/s1. The van der Waals surface area contributed by atoms with Gasteiger partial charge in [0.05, 0.1) is 18.1 Å². The van der Waals surface area contributed by atoms with Crippen LogP contribution in [0, 0.1) is 10.1 Å². The van der Waals surface area contributed by atoms with Gasteiger partial charge in [-0.15, -0.1) is 0 Å². The zero-order valence-electron chi connectivity index (χ0n) is 16.4. The van der Waals surface area contributed by atoms with E-state index < -0.39 is 16.9 Å². The second kappa shape index (κ2) is 8.17. The van der Waals surface area contributed by atoms with Gasteiger partial charge in [-0.1, -0.05) is 0 Å². The zero-order chi connectivity index (χ0) is 21.1. The molecule has 0 radical (unpaired) electrons. The van der Waals surface area contributed by atoms with E-state index in [4.69, 9.17) is 4.74 Å². The summed E-state index contributed by atoms with van der Waals surface area (Å²) in [6.07, 6.45) is 0.753. The Morgan fingerprint density at radius 1 is 1.24 bits per heavy atom. The lowest BCUT2D eigenvalue weighted by Crippen LogP contribution is -2.32. The normalized spacial score (nSPS) is 13.4. The summed E-state index contributed by atoms with van der Waals surface area (Å²) >= 11 is 0. The number of carbonyl (C=O) groups is 2. The number of benzene rings is 2. The summed E-state index contributed by atoms with van der Waals surface area (Å²) in [7, 11) is 1.41. The number of nitrogens with one attached hydrogen (secondary N) is 2. The SMILES string of the molecule is COc1ccc(NC(=O)[C@H](C)Nc2ccc3c(c2)CCN3C(C)=O)c([N+](=O)[O-])c1. The van der Waals surface area contributed by atoms with Crippen LogP contribution in [0.1, 0.15) is 19.4 Å². The van der Waals surface area contributed by atoms with E-state index in [0.717, 1.165) is 23.4 Å². The molecule has 0 unspecified atom stereocenters. The molecule has 2 aromatic carbocycles. The number of methoxy groups -OCH3 is 1. The molecule has 0 spiro atoms. The lowest BCUT2D eigenvalue weighted by Gasteiger charge is -2.18. The Morgan fingerprint density at radius 3 is 2.66 bits per heavy atom. The monoisotopic (exact) mass is 398 g/mol. The number of rotatable bonds is 6. The highest BCUT2D eigenvalue weighted by Gasteiger charge is 2.23. The van der Waals surface area contributed by atoms with E-state index in [1.807, 2.05) is 12.1 Å². The highest BCUT2D eigenvalue weighted by Crippen LogP contribution is 2.31. The van der Waals surface area contributed by atoms with Crippen LogP contribution >= 0.6 is 0 Å². The van der Waals surface area contributed by atoms with E-state index in [0.29, 0.717) is 12.3 Å². The molecule has 0 saturated carbocycles. The number of amides is 2. The lowest BCUT2D eigenvalue weighted by molar-refractivity contribution is -0.384. The predicted molar refractivity (Wildman–Crippen MR) is 110 cm³/mol. The van der Waals surface area contributed by atoms with Crippen LogP contribution in [0.4, 0.5) is 22.7 Å². The smallest absolute Gasteiger partial charge is 0.296 e. The number of nitro benzene ring substituents is 1. The van der Waals surface area contributed by atoms with Crippen LogP contribution < -0.4 is 20.3 Å². The maximum absolute atomic E-state index is 12.5. The van der Waals surface area contributed by atoms with Crippen molar-refractivity contribution in [2.24, 2.45) is 0 Å². The van der Waals surface area contributed by atoms with Gasteiger partial charge in [0.2, 0.25) is 11.8 Å². The largest absolute Gasteiger partial charge is 0.496 e. The Hall–Kier alpha value is -3.62. The average Bonchev–Trinajstić information content (AvgIpc) is 3.11. The van der Waals surface area contributed by atoms with Crippen LogP contribution in [-0.4, -0.2) is 36.4 Å². The summed E-state index contributed by atoms with van der Waals surface area (Å²) in [4.78, 5) is 36.6. The predicted octanol–water partition coefficient (Wildman–Crippen LogP) is 2.95. The van der Waals surface area contributed by atoms with Gasteiger partial charge in [0.15, 0.2) is 0 Å². The van der Waals surface area contributed by atoms with E-state index in [2.05, 4.69) is 10.6 Å². The number of carbonyl (C=O) groups excluding carboxylic acids is 2. The average molecular weight is 398 g/mol. The molecule has 9 nitrogen and oxygen atoms in total. The van der Waals surface area contributed by atoms with E-state index >= 15 is 0 Å². The number of fused-ring (bicyclic) bond motifs is 1. The van der Waals surface area contributed by atoms with E-state index in [-0.39, 0.29) is 17.3 Å². The summed E-state index contributed by atoms with van der Waals surface area (Å²) in [6, 6.07) is 9.17. The van der Waals surface area contributed by atoms with Gasteiger partial charge in [-0.2, -0.15) is 0 Å². The number of ether oxygens (including phenoxy) is 1. The fourth-order valence-corrected chi connectivity index (χ4v) is 3.27. The molecule has 0 aliphatic carbocycles. The maximum atomic E-state index is 12.5. The van der Waals surface area contributed by atoms with Crippen LogP contribution in [0.25, 0.3) is 0 Å². The minimum Gasteiger partial charge on any atom is -0.496 e. The molecule has 2 N–H and O–H groups in total. The minimum absolute atomic E-state index is 0.00158. The zero-order valence-corrected chi connectivity index (χ0v) is 16.4. The molecule has 0 fully saturated rings. The van der Waals surface area contributed by atoms with Crippen LogP contribution in [0.2, 0.25) is 0 Å². The topological polar surface area (TPSA) is 114 Å². The van der Waals surface area contributed by atoms with Crippen molar-refractivity contribution in [2.45, 2.75) is 26.3 Å². The molecule has 3 rings (SSSR count). The summed E-state index contributed by atoms with van der Waals surface area (Å²) in [5.41, 5.74) is 2.51. The maximum Gasteiger partial charge on any atom is 0.296 e. The quantitative estimate of drug-likeness (QED) is 0.571. The van der Waals surface area contributed by atoms with Gasteiger partial charge in [-0.25, -0.2) is 0 Å². The Labute approximate surface area is 167 Å². The van der Waals surface area contributed by atoms with Crippen molar-refractivity contribution in [1.29, 1.82) is 0 Å². The van der Waals surface area contributed by atoms with Crippen molar-refractivity contribution < 1.29 is 19.2 Å². The van der Waals surface area contributed by atoms with Crippen LogP contribution in [0.3, 0.4) is 0 Å². The number of anilines is 3. The Balaban J connectivity index is 1.71. The number of hydrogen-bond acceptors (Lipinski definition) is 6. The molecule has 0 aromatic heterocycles. The summed E-state index contributed by atoms with van der Waals surface area (Å²) in [6.45, 7) is 3.84. The molecular weight excluding hydrogens is 376 g/mol. The third kappa shape index (κ3) is 4.29. The second-order valence-corrected chi connectivity index (χ2v) is 6.76. The first-order valence-corrected chi connectivity index (χ1v) is 9.11. The summed E-state index contributed by atoms with van der Waals surface area (Å²) in [5, 5.41) is 17.0. The molecule has 1 aliphatic rings.